The largest absolute Gasteiger partial charge is 0.351 e. The lowest BCUT2D eigenvalue weighted by Crippen LogP contribution is -2.42. The lowest BCUT2D eigenvalue weighted by Gasteiger charge is -2.24. The van der Waals surface area contributed by atoms with Gasteiger partial charge in [-0.15, -0.1) is 0 Å². The number of benzene rings is 2. The van der Waals surface area contributed by atoms with Crippen molar-refractivity contribution in [2.75, 3.05) is 6.54 Å². The van der Waals surface area contributed by atoms with Crippen LogP contribution in [0.5, 0.6) is 0 Å². The van der Waals surface area contributed by atoms with Crippen LogP contribution in [0.1, 0.15) is 29.5 Å². The molecule has 1 aliphatic heterocycles. The fraction of sp³-hybridized carbons (Fsp3) is 0.350. The first kappa shape index (κ1) is 15.8. The molecule has 1 heterocycles. The molecule has 2 aromatic carbocycles. The minimum atomic E-state index is -0.000718. The fourth-order valence-corrected chi connectivity index (χ4v) is 3.24. The number of aryl methyl sites for hydroxylation is 1. The summed E-state index contributed by atoms with van der Waals surface area (Å²) in [5.74, 6) is 0.154. The maximum Gasteiger partial charge on any atom is 0.237 e. The van der Waals surface area contributed by atoms with Crippen LogP contribution in [0.3, 0.4) is 0 Å². The van der Waals surface area contributed by atoms with E-state index < -0.39 is 0 Å². The van der Waals surface area contributed by atoms with Crippen LogP contribution in [0.15, 0.2) is 54.6 Å². The summed E-state index contributed by atoms with van der Waals surface area (Å²) in [5, 5.41) is 3.12. The van der Waals surface area contributed by atoms with E-state index in [1.807, 2.05) is 18.2 Å². The molecule has 0 unspecified atom stereocenters. The van der Waals surface area contributed by atoms with Crippen molar-refractivity contribution in [2.45, 2.75) is 38.9 Å². The van der Waals surface area contributed by atoms with Crippen LogP contribution in [0.4, 0.5) is 0 Å². The van der Waals surface area contributed by atoms with E-state index in [9.17, 15) is 4.79 Å². The molecule has 23 heavy (non-hydrogen) atoms. The summed E-state index contributed by atoms with van der Waals surface area (Å²) < 4.78 is 0. The second-order valence-corrected chi connectivity index (χ2v) is 6.26. The van der Waals surface area contributed by atoms with Crippen LogP contribution in [0, 0.1) is 6.92 Å². The zero-order valence-electron chi connectivity index (χ0n) is 13.7. The molecule has 0 aliphatic carbocycles. The molecular formula is C20H24N2O. The summed E-state index contributed by atoms with van der Waals surface area (Å²) in [6.07, 6.45) is 2.04. The molecule has 2 aromatic rings. The van der Waals surface area contributed by atoms with Crippen molar-refractivity contribution < 1.29 is 4.79 Å². The summed E-state index contributed by atoms with van der Waals surface area (Å²) in [7, 11) is 0. The van der Waals surface area contributed by atoms with E-state index in [-0.39, 0.29) is 11.9 Å². The Morgan fingerprint density at radius 1 is 1.13 bits per heavy atom. The minimum absolute atomic E-state index is 0.000718. The molecule has 120 valence electrons. The highest BCUT2D eigenvalue weighted by atomic mass is 16.2. The number of nitrogens with zero attached hydrogens (tertiary/aromatic N) is 1. The monoisotopic (exact) mass is 308 g/mol. The molecule has 3 nitrogen and oxygen atoms in total. The van der Waals surface area contributed by atoms with E-state index in [2.05, 4.69) is 53.5 Å². The molecule has 0 aromatic heterocycles. The number of hydrogen-bond acceptors (Lipinski definition) is 2. The van der Waals surface area contributed by atoms with Crippen LogP contribution in [0.2, 0.25) is 0 Å². The van der Waals surface area contributed by atoms with E-state index in [1.165, 1.54) is 16.7 Å². The molecule has 3 rings (SSSR count). The molecule has 3 heteroatoms. The molecule has 1 saturated heterocycles. The van der Waals surface area contributed by atoms with Gasteiger partial charge in [0.2, 0.25) is 5.91 Å². The van der Waals surface area contributed by atoms with Gasteiger partial charge in [-0.25, -0.2) is 0 Å². The van der Waals surface area contributed by atoms with Crippen molar-refractivity contribution in [1.29, 1.82) is 0 Å². The highest BCUT2D eigenvalue weighted by Gasteiger charge is 2.30. The average molecular weight is 308 g/mol. The first-order valence-electron chi connectivity index (χ1n) is 8.34. The fourth-order valence-electron chi connectivity index (χ4n) is 3.24. The van der Waals surface area contributed by atoms with E-state index in [0.717, 1.165) is 25.9 Å². The zero-order chi connectivity index (χ0) is 16.1. The van der Waals surface area contributed by atoms with Gasteiger partial charge >= 0.3 is 0 Å². The third-order valence-electron chi connectivity index (χ3n) is 4.61. The number of carbonyl (C=O) groups excluding carboxylic acids is 1. The lowest BCUT2D eigenvalue weighted by atomic mass is 10.1. The predicted molar refractivity (Wildman–Crippen MR) is 92.9 cm³/mol. The van der Waals surface area contributed by atoms with Crippen LogP contribution in [-0.4, -0.2) is 23.4 Å². The van der Waals surface area contributed by atoms with E-state index in [4.69, 9.17) is 0 Å². The molecule has 0 spiro atoms. The highest BCUT2D eigenvalue weighted by Crippen LogP contribution is 2.20. The van der Waals surface area contributed by atoms with Crippen molar-refractivity contribution in [1.82, 2.24) is 10.2 Å². The smallest absolute Gasteiger partial charge is 0.237 e. The number of carbonyl (C=O) groups is 1. The van der Waals surface area contributed by atoms with Crippen molar-refractivity contribution in [2.24, 2.45) is 0 Å². The Morgan fingerprint density at radius 3 is 2.65 bits per heavy atom. The molecule has 1 atom stereocenters. The van der Waals surface area contributed by atoms with E-state index in [1.54, 1.807) is 0 Å². The number of hydrogen-bond donors (Lipinski definition) is 1. The highest BCUT2D eigenvalue weighted by molar-refractivity contribution is 5.82. The third kappa shape index (κ3) is 3.99. The van der Waals surface area contributed by atoms with Gasteiger partial charge in [0.1, 0.15) is 0 Å². The Kier molecular flexibility index (Phi) is 5.09. The van der Waals surface area contributed by atoms with Gasteiger partial charge in [-0.3, -0.25) is 9.69 Å². The van der Waals surface area contributed by atoms with Crippen LogP contribution >= 0.6 is 0 Å². The molecule has 1 N–H and O–H groups in total. The Bertz CT molecular complexity index is 654. The van der Waals surface area contributed by atoms with Gasteiger partial charge in [-0.1, -0.05) is 54.6 Å². The van der Waals surface area contributed by atoms with Crippen molar-refractivity contribution >= 4 is 5.91 Å². The summed E-state index contributed by atoms with van der Waals surface area (Å²) in [6, 6.07) is 18.6. The molecular weight excluding hydrogens is 284 g/mol. The average Bonchev–Trinajstić information content (AvgIpc) is 3.03. The molecule has 1 amide bonds. The third-order valence-corrected chi connectivity index (χ3v) is 4.61. The zero-order valence-corrected chi connectivity index (χ0v) is 13.7. The van der Waals surface area contributed by atoms with Gasteiger partial charge in [-0.05, 0) is 43.0 Å². The second kappa shape index (κ2) is 7.42. The van der Waals surface area contributed by atoms with Gasteiger partial charge in [0.05, 0.1) is 6.04 Å². The quantitative estimate of drug-likeness (QED) is 0.919. The Morgan fingerprint density at radius 2 is 1.87 bits per heavy atom. The van der Waals surface area contributed by atoms with Gasteiger partial charge in [0, 0.05) is 13.1 Å². The maximum atomic E-state index is 12.6. The van der Waals surface area contributed by atoms with E-state index >= 15 is 0 Å². The maximum absolute atomic E-state index is 12.6. The minimum Gasteiger partial charge on any atom is -0.351 e. The van der Waals surface area contributed by atoms with Gasteiger partial charge in [-0.2, -0.15) is 0 Å². The molecule has 0 bridgehead atoms. The Labute approximate surface area is 138 Å². The van der Waals surface area contributed by atoms with Gasteiger partial charge in [0.15, 0.2) is 0 Å². The van der Waals surface area contributed by atoms with E-state index in [0.29, 0.717) is 6.54 Å². The first-order valence-corrected chi connectivity index (χ1v) is 8.34. The summed E-state index contributed by atoms with van der Waals surface area (Å²) in [4.78, 5) is 14.9. The number of amides is 1. The Hall–Kier alpha value is -2.13. The topological polar surface area (TPSA) is 32.3 Å². The molecule has 0 radical (unpaired) electrons. The molecule has 1 fully saturated rings. The summed E-state index contributed by atoms with van der Waals surface area (Å²) in [6.45, 7) is 4.54. The first-order chi connectivity index (χ1) is 11.2. The van der Waals surface area contributed by atoms with Gasteiger partial charge in [0.25, 0.3) is 0 Å². The summed E-state index contributed by atoms with van der Waals surface area (Å²) in [5.41, 5.74) is 3.68. The van der Waals surface area contributed by atoms with Crippen molar-refractivity contribution in [3.63, 3.8) is 0 Å². The number of rotatable bonds is 5. The molecule has 1 aliphatic rings. The van der Waals surface area contributed by atoms with Crippen LogP contribution in [-0.2, 0) is 17.9 Å². The predicted octanol–water partition coefficient (Wildman–Crippen LogP) is 3.28. The second-order valence-electron chi connectivity index (χ2n) is 6.26. The van der Waals surface area contributed by atoms with Gasteiger partial charge < -0.3 is 5.32 Å². The number of nitrogens with one attached hydrogen (secondary N) is 1. The van der Waals surface area contributed by atoms with Crippen LogP contribution < -0.4 is 5.32 Å². The van der Waals surface area contributed by atoms with Crippen molar-refractivity contribution in [3.8, 4) is 0 Å². The molecule has 0 saturated carbocycles. The van der Waals surface area contributed by atoms with Crippen LogP contribution in [0.25, 0.3) is 0 Å². The normalized spacial score (nSPS) is 18.0. The van der Waals surface area contributed by atoms with Crippen molar-refractivity contribution in [3.05, 3.63) is 71.3 Å². The lowest BCUT2D eigenvalue weighted by molar-refractivity contribution is -0.125. The summed E-state index contributed by atoms with van der Waals surface area (Å²) >= 11 is 0. The standard InChI is InChI=1S/C20H24N2O/c1-16-8-5-6-11-18(16)14-21-20(23)19-12-7-13-22(19)15-17-9-3-2-4-10-17/h2-6,8-11,19H,7,12-15H2,1H3,(H,21,23)/t19-/m1/s1. The SMILES string of the molecule is Cc1ccccc1CNC(=O)[C@H]1CCCN1Cc1ccccc1. The number of likely N-dealkylation sites (tertiary alicyclic amines) is 1. The Balaban J connectivity index is 1.59.